The Balaban J connectivity index is 2.17. The van der Waals surface area contributed by atoms with E-state index >= 15 is 0 Å². The topological polar surface area (TPSA) is 46.3 Å². The predicted molar refractivity (Wildman–Crippen MR) is 74.4 cm³/mol. The first-order valence-corrected chi connectivity index (χ1v) is 6.62. The lowest BCUT2D eigenvalue weighted by atomic mass is 9.91. The van der Waals surface area contributed by atoms with E-state index in [0.717, 1.165) is 29.9 Å². The fraction of sp³-hybridized carbons (Fsp3) is 0.533. The molecule has 0 saturated carbocycles. The average molecular weight is 246 g/mol. The van der Waals surface area contributed by atoms with E-state index in [4.69, 9.17) is 5.73 Å². The van der Waals surface area contributed by atoms with Gasteiger partial charge < -0.3 is 10.6 Å². The van der Waals surface area contributed by atoms with Crippen molar-refractivity contribution in [2.75, 3.05) is 18.8 Å². The molecule has 1 aliphatic rings. The molecule has 1 saturated heterocycles. The highest BCUT2D eigenvalue weighted by molar-refractivity contribution is 5.95. The molecule has 1 heterocycles. The lowest BCUT2D eigenvalue weighted by Crippen LogP contribution is -2.42. The first-order chi connectivity index (χ1) is 8.47. The van der Waals surface area contributed by atoms with E-state index in [1.165, 1.54) is 6.42 Å². The van der Waals surface area contributed by atoms with E-state index in [1.807, 2.05) is 30.0 Å². The first kappa shape index (κ1) is 12.9. The number of amides is 1. The van der Waals surface area contributed by atoms with E-state index in [0.29, 0.717) is 11.8 Å². The molecular weight excluding hydrogens is 224 g/mol. The summed E-state index contributed by atoms with van der Waals surface area (Å²) in [4.78, 5) is 14.4. The fourth-order valence-corrected chi connectivity index (χ4v) is 2.82. The zero-order valence-corrected chi connectivity index (χ0v) is 11.4. The maximum atomic E-state index is 12.4. The summed E-state index contributed by atoms with van der Waals surface area (Å²) >= 11 is 0. The molecule has 0 aliphatic carbocycles. The summed E-state index contributed by atoms with van der Waals surface area (Å²) in [5, 5.41) is 0. The minimum atomic E-state index is 0.136. The number of piperidine rings is 1. The summed E-state index contributed by atoms with van der Waals surface area (Å²) in [6, 6.07) is 5.54. The molecule has 18 heavy (non-hydrogen) atoms. The lowest BCUT2D eigenvalue weighted by Gasteiger charge is -2.35. The van der Waals surface area contributed by atoms with Gasteiger partial charge in [-0.1, -0.05) is 13.8 Å². The number of aryl methyl sites for hydroxylation is 1. The highest BCUT2D eigenvalue weighted by atomic mass is 16.2. The van der Waals surface area contributed by atoms with Crippen molar-refractivity contribution in [2.45, 2.75) is 27.2 Å². The monoisotopic (exact) mass is 246 g/mol. The smallest absolute Gasteiger partial charge is 0.253 e. The number of nitrogens with two attached hydrogens (primary N) is 1. The van der Waals surface area contributed by atoms with Crippen LogP contribution in [-0.4, -0.2) is 23.9 Å². The maximum absolute atomic E-state index is 12.4. The van der Waals surface area contributed by atoms with Crippen molar-refractivity contribution < 1.29 is 4.79 Å². The van der Waals surface area contributed by atoms with Crippen LogP contribution < -0.4 is 5.73 Å². The van der Waals surface area contributed by atoms with Crippen molar-refractivity contribution in [3.8, 4) is 0 Å². The number of likely N-dealkylation sites (tertiary alicyclic amines) is 1. The molecule has 2 rings (SSSR count). The van der Waals surface area contributed by atoms with Gasteiger partial charge in [0.15, 0.2) is 0 Å². The fourth-order valence-electron chi connectivity index (χ4n) is 2.82. The first-order valence-electron chi connectivity index (χ1n) is 6.62. The molecule has 0 radical (unpaired) electrons. The third-order valence-electron chi connectivity index (χ3n) is 3.67. The van der Waals surface area contributed by atoms with Crippen LogP contribution >= 0.6 is 0 Å². The lowest BCUT2D eigenvalue weighted by molar-refractivity contribution is 0.0623. The second-order valence-electron chi connectivity index (χ2n) is 5.73. The van der Waals surface area contributed by atoms with Gasteiger partial charge in [-0.05, 0) is 48.9 Å². The molecule has 1 fully saturated rings. The molecule has 2 atom stereocenters. The number of benzene rings is 1. The van der Waals surface area contributed by atoms with Crippen LogP contribution in [0.15, 0.2) is 18.2 Å². The number of carbonyl (C=O) groups is 1. The number of rotatable bonds is 1. The van der Waals surface area contributed by atoms with Crippen LogP contribution in [0.4, 0.5) is 5.69 Å². The van der Waals surface area contributed by atoms with Crippen molar-refractivity contribution in [3.63, 3.8) is 0 Å². The Labute approximate surface area is 109 Å². The molecule has 1 amide bonds. The zero-order valence-electron chi connectivity index (χ0n) is 11.4. The van der Waals surface area contributed by atoms with Gasteiger partial charge in [0.1, 0.15) is 0 Å². The maximum Gasteiger partial charge on any atom is 0.253 e. The van der Waals surface area contributed by atoms with Gasteiger partial charge in [-0.2, -0.15) is 0 Å². The molecule has 0 bridgehead atoms. The second kappa shape index (κ2) is 5.01. The van der Waals surface area contributed by atoms with Gasteiger partial charge in [0.2, 0.25) is 0 Å². The Morgan fingerprint density at radius 3 is 2.44 bits per heavy atom. The van der Waals surface area contributed by atoms with Crippen molar-refractivity contribution in [1.82, 2.24) is 4.90 Å². The third-order valence-corrected chi connectivity index (χ3v) is 3.67. The second-order valence-corrected chi connectivity index (χ2v) is 5.73. The number of anilines is 1. The minimum absolute atomic E-state index is 0.136. The summed E-state index contributed by atoms with van der Waals surface area (Å²) in [5.74, 6) is 1.32. The van der Waals surface area contributed by atoms with Crippen LogP contribution in [0, 0.1) is 18.8 Å². The molecule has 0 aromatic heterocycles. The Hall–Kier alpha value is -1.51. The summed E-state index contributed by atoms with van der Waals surface area (Å²) < 4.78 is 0. The average Bonchev–Trinajstić information content (AvgIpc) is 2.30. The van der Waals surface area contributed by atoms with Gasteiger partial charge in [-0.25, -0.2) is 0 Å². The minimum Gasteiger partial charge on any atom is -0.399 e. The molecule has 3 nitrogen and oxygen atoms in total. The molecule has 3 heteroatoms. The number of nitrogen functional groups attached to an aromatic ring is 1. The summed E-state index contributed by atoms with van der Waals surface area (Å²) in [5.41, 5.74) is 8.25. The number of nitrogens with zero attached hydrogens (tertiary/aromatic N) is 1. The van der Waals surface area contributed by atoms with E-state index in [1.54, 1.807) is 0 Å². The molecule has 1 aliphatic heterocycles. The SMILES string of the molecule is Cc1cc(C(=O)N2C[C@H](C)C[C@H](C)C2)ccc1N. The normalized spacial score (nSPS) is 24.1. The van der Waals surface area contributed by atoms with Crippen molar-refractivity contribution >= 4 is 11.6 Å². The van der Waals surface area contributed by atoms with Crippen LogP contribution in [0.25, 0.3) is 0 Å². The van der Waals surface area contributed by atoms with E-state index in [-0.39, 0.29) is 5.91 Å². The van der Waals surface area contributed by atoms with Crippen LogP contribution in [0.3, 0.4) is 0 Å². The van der Waals surface area contributed by atoms with Crippen molar-refractivity contribution in [1.29, 1.82) is 0 Å². The van der Waals surface area contributed by atoms with E-state index in [2.05, 4.69) is 13.8 Å². The van der Waals surface area contributed by atoms with Gasteiger partial charge >= 0.3 is 0 Å². The number of hydrogen-bond donors (Lipinski definition) is 1. The van der Waals surface area contributed by atoms with Crippen molar-refractivity contribution in [2.24, 2.45) is 11.8 Å². The standard InChI is InChI=1S/C15H22N2O/c1-10-6-11(2)9-17(8-10)15(18)13-4-5-14(16)12(3)7-13/h4-5,7,10-11H,6,8-9,16H2,1-3H3/t10-,11+. The summed E-state index contributed by atoms with van der Waals surface area (Å²) in [7, 11) is 0. The molecule has 98 valence electrons. The zero-order chi connectivity index (χ0) is 13.3. The van der Waals surface area contributed by atoms with Crippen LogP contribution in [0.5, 0.6) is 0 Å². The number of hydrogen-bond acceptors (Lipinski definition) is 2. The molecule has 1 aromatic rings. The van der Waals surface area contributed by atoms with Gasteiger partial charge in [-0.15, -0.1) is 0 Å². The highest BCUT2D eigenvalue weighted by Gasteiger charge is 2.26. The van der Waals surface area contributed by atoms with Gasteiger partial charge in [0.25, 0.3) is 5.91 Å². The summed E-state index contributed by atoms with van der Waals surface area (Å²) in [6.45, 7) is 8.10. The van der Waals surface area contributed by atoms with Gasteiger partial charge in [-0.3, -0.25) is 4.79 Å². The molecule has 1 aromatic carbocycles. The highest BCUT2D eigenvalue weighted by Crippen LogP contribution is 2.23. The summed E-state index contributed by atoms with van der Waals surface area (Å²) in [6.07, 6.45) is 1.21. The van der Waals surface area contributed by atoms with Crippen LogP contribution in [0.2, 0.25) is 0 Å². The van der Waals surface area contributed by atoms with Gasteiger partial charge in [0.05, 0.1) is 0 Å². The third kappa shape index (κ3) is 2.66. The van der Waals surface area contributed by atoms with Gasteiger partial charge in [0, 0.05) is 24.3 Å². The Morgan fingerprint density at radius 1 is 1.28 bits per heavy atom. The van der Waals surface area contributed by atoms with E-state index < -0.39 is 0 Å². The Morgan fingerprint density at radius 2 is 1.89 bits per heavy atom. The van der Waals surface area contributed by atoms with Crippen LogP contribution in [0.1, 0.15) is 36.2 Å². The van der Waals surface area contributed by atoms with Crippen LogP contribution in [-0.2, 0) is 0 Å². The molecule has 0 spiro atoms. The molecular formula is C15H22N2O. The predicted octanol–water partition coefficient (Wildman–Crippen LogP) is 2.70. The quantitative estimate of drug-likeness (QED) is 0.774. The molecule has 0 unspecified atom stereocenters. The number of carbonyl (C=O) groups excluding carboxylic acids is 1. The Bertz CT molecular complexity index is 446. The molecule has 2 N–H and O–H groups in total. The van der Waals surface area contributed by atoms with E-state index in [9.17, 15) is 4.79 Å². The largest absolute Gasteiger partial charge is 0.399 e. The Kier molecular flexibility index (Phi) is 3.60. The van der Waals surface area contributed by atoms with Crippen molar-refractivity contribution in [3.05, 3.63) is 29.3 Å².